The summed E-state index contributed by atoms with van der Waals surface area (Å²) >= 11 is 7.58. The van der Waals surface area contributed by atoms with E-state index in [1.165, 1.54) is 23.5 Å². The summed E-state index contributed by atoms with van der Waals surface area (Å²) in [6.45, 7) is 2.35. The zero-order valence-electron chi connectivity index (χ0n) is 19.3. The summed E-state index contributed by atoms with van der Waals surface area (Å²) in [7, 11) is 1.74. The quantitative estimate of drug-likeness (QED) is 0.484. The average Bonchev–Trinajstić information content (AvgIpc) is 3.18. The number of thiazole rings is 1. The van der Waals surface area contributed by atoms with E-state index in [0.717, 1.165) is 17.7 Å². The zero-order chi connectivity index (χ0) is 24.4. The molecule has 2 aromatic carbocycles. The van der Waals surface area contributed by atoms with E-state index in [9.17, 15) is 14.0 Å². The monoisotopic (exact) mass is 511 g/mol. The topological polar surface area (TPSA) is 62.7 Å². The van der Waals surface area contributed by atoms with Crippen LogP contribution in [0.15, 0.2) is 36.4 Å². The SMILES string of the molecule is Cc1nc(C(=O)N2[C@H]3C[C@H]3C[C@H]2N(C)C(=O)c2cccc3c2CCO3)c(-c2c(F)cccc2Cl)s1. The highest BCUT2D eigenvalue weighted by Gasteiger charge is 2.56. The standard InChI is InChI=1S/C26H23ClFN3O3S/c1-13-29-23(24(35-13)22-17(27)6-4-7-18(22)28)26(33)31-19-11-14(19)12-21(31)30(2)25(32)16-5-3-8-20-15(16)9-10-34-20/h3-8,14,19,21H,9-12H2,1-2H3/t14-,19-,21-/m0/s1. The van der Waals surface area contributed by atoms with E-state index in [4.69, 9.17) is 16.3 Å². The lowest BCUT2D eigenvalue weighted by Crippen LogP contribution is -2.50. The largest absolute Gasteiger partial charge is 0.493 e. The Kier molecular flexibility index (Phi) is 5.34. The number of benzene rings is 2. The van der Waals surface area contributed by atoms with Gasteiger partial charge in [0.25, 0.3) is 11.8 Å². The highest BCUT2D eigenvalue weighted by molar-refractivity contribution is 7.15. The number of carbonyl (C=O) groups is 2. The first kappa shape index (κ1) is 22.5. The maximum Gasteiger partial charge on any atom is 0.275 e. The smallest absolute Gasteiger partial charge is 0.275 e. The molecule has 3 aromatic rings. The number of fused-ring (bicyclic) bond motifs is 2. The van der Waals surface area contributed by atoms with Gasteiger partial charge in [0.2, 0.25) is 0 Å². The van der Waals surface area contributed by atoms with Gasteiger partial charge in [-0.05, 0) is 49.9 Å². The Labute approximate surface area is 211 Å². The molecule has 2 fully saturated rings. The number of halogens is 2. The number of likely N-dealkylation sites (tertiary alicyclic amines) is 1. The Bertz CT molecular complexity index is 1360. The molecule has 0 unspecified atom stereocenters. The highest BCUT2D eigenvalue weighted by Crippen LogP contribution is 2.50. The van der Waals surface area contributed by atoms with Crippen LogP contribution in [0.25, 0.3) is 10.4 Å². The van der Waals surface area contributed by atoms with Crippen LogP contribution in [-0.2, 0) is 6.42 Å². The Morgan fingerprint density at radius 2 is 2.03 bits per heavy atom. The fourth-order valence-corrected chi connectivity index (χ4v) is 6.67. The zero-order valence-corrected chi connectivity index (χ0v) is 20.8. The molecule has 2 aliphatic heterocycles. The number of rotatable bonds is 4. The highest BCUT2D eigenvalue weighted by atomic mass is 35.5. The Balaban J connectivity index is 1.34. The molecule has 1 aliphatic carbocycles. The van der Waals surface area contributed by atoms with Crippen molar-refractivity contribution in [2.24, 2.45) is 5.92 Å². The van der Waals surface area contributed by atoms with Crippen molar-refractivity contribution in [2.75, 3.05) is 13.7 Å². The first-order valence-corrected chi connectivity index (χ1v) is 12.8. The minimum absolute atomic E-state index is 0.0542. The molecule has 9 heteroatoms. The summed E-state index contributed by atoms with van der Waals surface area (Å²) in [5, 5.41) is 0.882. The molecule has 0 N–H and O–H groups in total. The maximum atomic E-state index is 14.8. The van der Waals surface area contributed by atoms with Gasteiger partial charge in [0.05, 0.1) is 21.5 Å². The number of nitrogens with zero attached hydrogens (tertiary/aromatic N) is 3. The van der Waals surface area contributed by atoms with Gasteiger partial charge in [-0.25, -0.2) is 9.37 Å². The fourth-order valence-electron chi connectivity index (χ4n) is 5.39. The second kappa shape index (κ2) is 8.31. The van der Waals surface area contributed by atoms with Crippen molar-refractivity contribution >= 4 is 34.8 Å². The normalized spacial score (nSPS) is 21.9. The van der Waals surface area contributed by atoms with Gasteiger partial charge in [-0.2, -0.15) is 0 Å². The molecule has 0 spiro atoms. The molecule has 0 bridgehead atoms. The Morgan fingerprint density at radius 1 is 1.23 bits per heavy atom. The van der Waals surface area contributed by atoms with Gasteiger partial charge in [0, 0.05) is 36.2 Å². The third-order valence-corrected chi connectivity index (χ3v) is 8.48. The van der Waals surface area contributed by atoms with Crippen molar-refractivity contribution in [3.05, 3.63) is 69.1 Å². The number of aryl methyl sites for hydroxylation is 1. The summed E-state index contributed by atoms with van der Waals surface area (Å²) in [6.07, 6.45) is 1.90. The molecule has 180 valence electrons. The molecule has 6 nitrogen and oxygen atoms in total. The number of carbonyl (C=O) groups excluding carboxylic acids is 2. The molecular weight excluding hydrogens is 489 g/mol. The van der Waals surface area contributed by atoms with Crippen LogP contribution in [0.3, 0.4) is 0 Å². The second-order valence-corrected chi connectivity index (χ2v) is 10.9. The van der Waals surface area contributed by atoms with Gasteiger partial charge in [0.15, 0.2) is 0 Å². The van der Waals surface area contributed by atoms with Crippen molar-refractivity contribution in [1.82, 2.24) is 14.8 Å². The van der Waals surface area contributed by atoms with Gasteiger partial charge < -0.3 is 14.5 Å². The number of aromatic nitrogens is 1. The molecular formula is C26H23ClFN3O3S. The van der Waals surface area contributed by atoms with Gasteiger partial charge in [-0.3, -0.25) is 9.59 Å². The molecule has 1 saturated carbocycles. The van der Waals surface area contributed by atoms with E-state index in [-0.39, 0.29) is 34.1 Å². The van der Waals surface area contributed by atoms with E-state index >= 15 is 0 Å². The van der Waals surface area contributed by atoms with Crippen LogP contribution in [0, 0.1) is 18.7 Å². The number of piperidine rings is 1. The van der Waals surface area contributed by atoms with Crippen molar-refractivity contribution in [1.29, 1.82) is 0 Å². The summed E-state index contributed by atoms with van der Waals surface area (Å²) in [4.78, 5) is 35.8. The molecule has 3 heterocycles. The Morgan fingerprint density at radius 3 is 2.83 bits per heavy atom. The minimum atomic E-state index is -0.495. The third kappa shape index (κ3) is 3.62. The van der Waals surface area contributed by atoms with Gasteiger partial charge in [-0.15, -0.1) is 11.3 Å². The van der Waals surface area contributed by atoms with Crippen LogP contribution in [0.1, 0.15) is 44.3 Å². The lowest BCUT2D eigenvalue weighted by atomic mass is 10.0. The number of hydrogen-bond acceptors (Lipinski definition) is 5. The number of ether oxygens (including phenoxy) is 1. The summed E-state index contributed by atoms with van der Waals surface area (Å²) in [6, 6.07) is 10.0. The summed E-state index contributed by atoms with van der Waals surface area (Å²) < 4.78 is 20.4. The minimum Gasteiger partial charge on any atom is -0.493 e. The van der Waals surface area contributed by atoms with E-state index in [0.29, 0.717) is 40.8 Å². The van der Waals surface area contributed by atoms with Crippen LogP contribution in [-0.4, -0.2) is 52.5 Å². The van der Waals surface area contributed by atoms with Crippen molar-refractivity contribution in [3.63, 3.8) is 0 Å². The predicted octanol–water partition coefficient (Wildman–Crippen LogP) is 5.18. The van der Waals surface area contributed by atoms with Crippen LogP contribution in [0.4, 0.5) is 4.39 Å². The Hall–Kier alpha value is -2.97. The van der Waals surface area contributed by atoms with Gasteiger partial charge >= 0.3 is 0 Å². The van der Waals surface area contributed by atoms with Crippen LogP contribution in [0.5, 0.6) is 5.75 Å². The van der Waals surface area contributed by atoms with Crippen molar-refractivity contribution < 1.29 is 18.7 Å². The van der Waals surface area contributed by atoms with Crippen molar-refractivity contribution in [2.45, 2.75) is 38.4 Å². The van der Waals surface area contributed by atoms with Crippen LogP contribution >= 0.6 is 22.9 Å². The van der Waals surface area contributed by atoms with E-state index in [2.05, 4.69) is 4.98 Å². The molecule has 1 saturated heterocycles. The number of amides is 2. The maximum absolute atomic E-state index is 14.8. The van der Waals surface area contributed by atoms with Gasteiger partial charge in [-0.1, -0.05) is 23.7 Å². The van der Waals surface area contributed by atoms with E-state index < -0.39 is 12.0 Å². The average molecular weight is 512 g/mol. The van der Waals surface area contributed by atoms with Crippen LogP contribution < -0.4 is 4.74 Å². The lowest BCUT2D eigenvalue weighted by Gasteiger charge is -2.35. The molecule has 3 atom stereocenters. The molecule has 6 rings (SSSR count). The van der Waals surface area contributed by atoms with Gasteiger partial charge in [0.1, 0.15) is 23.4 Å². The molecule has 3 aliphatic rings. The van der Waals surface area contributed by atoms with E-state index in [1.807, 2.05) is 18.2 Å². The number of hydrogen-bond donors (Lipinski definition) is 0. The van der Waals surface area contributed by atoms with E-state index in [1.54, 1.807) is 29.8 Å². The van der Waals surface area contributed by atoms with Crippen LogP contribution in [0.2, 0.25) is 5.02 Å². The molecule has 2 amide bonds. The fraction of sp³-hybridized carbons (Fsp3) is 0.346. The summed E-state index contributed by atoms with van der Waals surface area (Å²) in [5.41, 5.74) is 1.90. The molecule has 0 radical (unpaired) electrons. The molecule has 1 aromatic heterocycles. The summed E-state index contributed by atoms with van der Waals surface area (Å²) in [5.74, 6) is 0.174. The predicted molar refractivity (Wildman–Crippen MR) is 131 cm³/mol. The third-order valence-electron chi connectivity index (χ3n) is 7.18. The van der Waals surface area contributed by atoms with Crippen molar-refractivity contribution in [3.8, 4) is 16.2 Å². The first-order chi connectivity index (χ1) is 16.8. The second-order valence-electron chi connectivity index (χ2n) is 9.30. The lowest BCUT2D eigenvalue weighted by molar-refractivity contribution is 0.0387. The molecule has 35 heavy (non-hydrogen) atoms. The first-order valence-electron chi connectivity index (χ1n) is 11.6.